The molecule has 0 spiro atoms. The Morgan fingerprint density at radius 3 is 2.00 bits per heavy atom. The van der Waals surface area contributed by atoms with E-state index in [0.29, 0.717) is 5.70 Å². The molecule has 0 atom stereocenters. The monoisotopic (exact) mass is 255 g/mol. The average Bonchev–Trinajstić information content (AvgIpc) is 2.38. The van der Waals surface area contributed by atoms with Crippen molar-refractivity contribution in [3.8, 4) is 0 Å². The van der Waals surface area contributed by atoms with Gasteiger partial charge in [-0.1, -0.05) is 6.08 Å². The zero-order valence-corrected chi connectivity index (χ0v) is 11.8. The number of amides is 1. The quantitative estimate of drug-likeness (QED) is 0.440. The Morgan fingerprint density at radius 2 is 1.72 bits per heavy atom. The number of carbonyl (C=O) groups excluding carboxylic acids is 1. The van der Waals surface area contributed by atoms with E-state index in [4.69, 9.17) is 10.8 Å². The molecule has 1 aliphatic rings. The van der Waals surface area contributed by atoms with Crippen molar-refractivity contribution in [3.05, 3.63) is 23.1 Å². The average molecular weight is 255 g/mol. The molecule has 1 fully saturated rings. The number of likely N-dealkylation sites (N-methyl/N-ethyl adjacent to an activating group) is 1. The van der Waals surface area contributed by atoms with Gasteiger partial charge in [0.15, 0.2) is 0 Å². The molecule has 1 aliphatic heterocycles. The maximum atomic E-state index is 10.2. The minimum atomic E-state index is 0.192. The van der Waals surface area contributed by atoms with Gasteiger partial charge in [0.25, 0.3) is 0 Å². The van der Waals surface area contributed by atoms with Crippen LogP contribution in [-0.4, -0.2) is 54.5 Å². The van der Waals surface area contributed by atoms with E-state index in [2.05, 4.69) is 11.9 Å². The predicted molar refractivity (Wildman–Crippen MR) is 74.1 cm³/mol. The van der Waals surface area contributed by atoms with Gasteiger partial charge in [0.1, 0.15) is 5.76 Å². The highest BCUT2D eigenvalue weighted by molar-refractivity contribution is 5.47. The molecule has 1 heterocycles. The van der Waals surface area contributed by atoms with Crippen molar-refractivity contribution in [2.75, 3.05) is 33.2 Å². The highest BCUT2D eigenvalue weighted by Gasteiger charge is 2.10. The predicted octanol–water partition coefficient (Wildman–Crippen LogP) is 1.09. The normalized spacial score (nSPS) is 16.7. The number of hydrogen-bond donors (Lipinski definition) is 2. The van der Waals surface area contributed by atoms with Crippen LogP contribution in [0.3, 0.4) is 0 Å². The molecule has 0 aromatic heterocycles. The minimum absolute atomic E-state index is 0.192. The number of hydrogen-bond acceptors (Lipinski definition) is 4. The summed E-state index contributed by atoms with van der Waals surface area (Å²) in [5.41, 5.74) is 6.65. The Labute approximate surface area is 110 Å². The van der Waals surface area contributed by atoms with Gasteiger partial charge >= 0.3 is 0 Å². The number of nitrogens with zero attached hydrogens (tertiary/aromatic N) is 2. The van der Waals surface area contributed by atoms with Crippen molar-refractivity contribution in [2.45, 2.75) is 20.8 Å². The van der Waals surface area contributed by atoms with Gasteiger partial charge in [-0.05, 0) is 33.4 Å². The third kappa shape index (κ3) is 6.30. The first-order chi connectivity index (χ1) is 8.42. The van der Waals surface area contributed by atoms with Crippen LogP contribution in [0.15, 0.2) is 23.1 Å². The fourth-order valence-electron chi connectivity index (χ4n) is 1.35. The van der Waals surface area contributed by atoms with Crippen LogP contribution in [0.1, 0.15) is 20.8 Å². The lowest BCUT2D eigenvalue weighted by atomic mass is 10.2. The summed E-state index contributed by atoms with van der Waals surface area (Å²) in [4.78, 5) is 14.2. The Morgan fingerprint density at radius 1 is 1.22 bits per heavy atom. The van der Waals surface area contributed by atoms with E-state index in [1.54, 1.807) is 17.9 Å². The van der Waals surface area contributed by atoms with Crippen LogP contribution in [0.2, 0.25) is 0 Å². The summed E-state index contributed by atoms with van der Waals surface area (Å²) >= 11 is 0. The number of piperazine rings is 1. The molecule has 0 saturated carbocycles. The van der Waals surface area contributed by atoms with E-state index in [9.17, 15) is 4.79 Å². The summed E-state index contributed by atoms with van der Waals surface area (Å²) in [6.07, 6.45) is 2.59. The number of carbonyl (C=O) groups is 1. The molecule has 1 amide bonds. The van der Waals surface area contributed by atoms with Gasteiger partial charge in [-0.25, -0.2) is 0 Å². The summed E-state index contributed by atoms with van der Waals surface area (Å²) < 4.78 is 0. The lowest BCUT2D eigenvalue weighted by Crippen LogP contribution is -2.43. The fourth-order valence-corrected chi connectivity index (χ4v) is 1.35. The fraction of sp³-hybridized carbons (Fsp3) is 0.615. The van der Waals surface area contributed by atoms with E-state index in [0.717, 1.165) is 38.2 Å². The van der Waals surface area contributed by atoms with Crippen LogP contribution < -0.4 is 5.73 Å². The number of allylic oxidation sites excluding steroid dienone is 2. The molecule has 18 heavy (non-hydrogen) atoms. The van der Waals surface area contributed by atoms with Crippen molar-refractivity contribution in [1.29, 1.82) is 0 Å². The van der Waals surface area contributed by atoms with Crippen LogP contribution in [0, 0.1) is 0 Å². The molecule has 5 heteroatoms. The molecule has 0 aromatic rings. The van der Waals surface area contributed by atoms with E-state index in [-0.39, 0.29) is 5.76 Å². The van der Waals surface area contributed by atoms with Gasteiger partial charge in [0.2, 0.25) is 6.41 Å². The number of aliphatic hydroxyl groups excluding tert-OH is 1. The summed E-state index contributed by atoms with van der Waals surface area (Å²) in [7, 11) is 2.07. The Kier molecular flexibility index (Phi) is 7.87. The lowest BCUT2D eigenvalue weighted by Gasteiger charge is -2.29. The minimum Gasteiger partial charge on any atom is -0.506 e. The molecule has 1 saturated heterocycles. The van der Waals surface area contributed by atoms with Crippen LogP contribution in [0.5, 0.6) is 0 Å². The van der Waals surface area contributed by atoms with Crippen LogP contribution >= 0.6 is 0 Å². The Balaban J connectivity index is 0.000000321. The van der Waals surface area contributed by atoms with Crippen molar-refractivity contribution < 1.29 is 9.90 Å². The van der Waals surface area contributed by atoms with Gasteiger partial charge < -0.3 is 20.6 Å². The lowest BCUT2D eigenvalue weighted by molar-refractivity contribution is -0.119. The first kappa shape index (κ1) is 16.5. The SMILES string of the molecule is C/C=C(/N)C(O)=C(C)C.CN1CCN(C=O)CC1. The smallest absolute Gasteiger partial charge is 0.209 e. The van der Waals surface area contributed by atoms with Gasteiger partial charge in [-0.3, -0.25) is 4.79 Å². The van der Waals surface area contributed by atoms with Crippen LogP contribution in [0.25, 0.3) is 0 Å². The first-order valence-electron chi connectivity index (χ1n) is 6.08. The third-order valence-corrected chi connectivity index (χ3v) is 2.74. The maximum absolute atomic E-state index is 10.2. The van der Waals surface area contributed by atoms with Crippen molar-refractivity contribution >= 4 is 6.41 Å². The molecule has 0 radical (unpaired) electrons. The van der Waals surface area contributed by atoms with E-state index < -0.39 is 0 Å². The molecule has 5 nitrogen and oxygen atoms in total. The highest BCUT2D eigenvalue weighted by atomic mass is 16.3. The van der Waals surface area contributed by atoms with E-state index in [1.165, 1.54) is 0 Å². The zero-order chi connectivity index (χ0) is 14.1. The molecular weight excluding hydrogens is 230 g/mol. The van der Waals surface area contributed by atoms with Gasteiger partial charge in [0, 0.05) is 26.2 Å². The van der Waals surface area contributed by atoms with Gasteiger partial charge in [0.05, 0.1) is 5.70 Å². The van der Waals surface area contributed by atoms with Crippen molar-refractivity contribution in [2.24, 2.45) is 5.73 Å². The van der Waals surface area contributed by atoms with Crippen molar-refractivity contribution in [1.82, 2.24) is 9.80 Å². The maximum Gasteiger partial charge on any atom is 0.209 e. The number of aliphatic hydroxyl groups is 1. The molecule has 0 unspecified atom stereocenters. The van der Waals surface area contributed by atoms with E-state index in [1.807, 2.05) is 13.8 Å². The third-order valence-electron chi connectivity index (χ3n) is 2.74. The summed E-state index contributed by atoms with van der Waals surface area (Å²) in [5, 5.41) is 9.08. The number of nitrogens with two attached hydrogens (primary N) is 1. The Bertz CT molecular complexity index is 312. The van der Waals surface area contributed by atoms with Crippen molar-refractivity contribution in [3.63, 3.8) is 0 Å². The molecule has 0 aliphatic carbocycles. The largest absolute Gasteiger partial charge is 0.506 e. The molecule has 0 bridgehead atoms. The second kappa shape index (κ2) is 8.58. The van der Waals surface area contributed by atoms with E-state index >= 15 is 0 Å². The zero-order valence-electron chi connectivity index (χ0n) is 11.8. The second-order valence-corrected chi connectivity index (χ2v) is 4.54. The van der Waals surface area contributed by atoms with Crippen LogP contribution in [-0.2, 0) is 4.79 Å². The van der Waals surface area contributed by atoms with Crippen LogP contribution in [0.4, 0.5) is 0 Å². The summed E-state index contributed by atoms with van der Waals surface area (Å²) in [5.74, 6) is 0.192. The number of rotatable bonds is 2. The molecule has 3 N–H and O–H groups in total. The molecule has 0 aromatic carbocycles. The summed E-state index contributed by atoms with van der Waals surface area (Å²) in [6, 6.07) is 0. The topological polar surface area (TPSA) is 69.8 Å². The second-order valence-electron chi connectivity index (χ2n) is 4.54. The highest BCUT2D eigenvalue weighted by Crippen LogP contribution is 2.04. The standard InChI is InChI=1S/C7H13NO.C6H12N2O/c1-4-6(8)7(9)5(2)3;1-7-2-4-8(6-9)5-3-7/h4,9H,8H2,1-3H3;6H,2-5H2,1H3/b6-4+;. The molecular formula is C13H25N3O2. The van der Waals surface area contributed by atoms with Gasteiger partial charge in [-0.15, -0.1) is 0 Å². The first-order valence-corrected chi connectivity index (χ1v) is 6.08. The molecule has 1 rings (SSSR count). The molecule has 104 valence electrons. The van der Waals surface area contributed by atoms with Gasteiger partial charge in [-0.2, -0.15) is 0 Å². The Hall–Kier alpha value is -1.49. The summed E-state index contributed by atoms with van der Waals surface area (Å²) in [6.45, 7) is 9.21.